The number of aryl methyl sites for hydroxylation is 1. The molecule has 0 bridgehead atoms. The summed E-state index contributed by atoms with van der Waals surface area (Å²) in [6, 6.07) is 0. The molecule has 2 heterocycles. The van der Waals surface area contributed by atoms with Gasteiger partial charge in [-0.3, -0.25) is 20.0 Å². The lowest BCUT2D eigenvalue weighted by Crippen LogP contribution is -2.45. The van der Waals surface area contributed by atoms with Gasteiger partial charge in [-0.15, -0.1) is 0 Å². The summed E-state index contributed by atoms with van der Waals surface area (Å²) in [6.07, 6.45) is 1.60. The summed E-state index contributed by atoms with van der Waals surface area (Å²) >= 11 is 0. The lowest BCUT2D eigenvalue weighted by Gasteiger charge is -2.32. The fourth-order valence-corrected chi connectivity index (χ4v) is 2.48. The van der Waals surface area contributed by atoms with Crippen LogP contribution in [0.1, 0.15) is 16.8 Å². The van der Waals surface area contributed by atoms with Crippen LogP contribution in [0.2, 0.25) is 0 Å². The Kier molecular flexibility index (Phi) is 4.64. The summed E-state index contributed by atoms with van der Waals surface area (Å²) in [5, 5.41) is 11.1. The van der Waals surface area contributed by atoms with E-state index in [1.54, 1.807) is 20.0 Å². The van der Waals surface area contributed by atoms with Crippen LogP contribution in [0.5, 0.6) is 0 Å². The SMILES string of the molecule is Cc1cnc(CN2CCOC(CN)C2)c(C)c1[N+](=O)[O-]. The third kappa shape index (κ3) is 3.12. The molecule has 1 aliphatic rings. The van der Waals surface area contributed by atoms with E-state index in [4.69, 9.17) is 10.5 Å². The highest BCUT2D eigenvalue weighted by molar-refractivity contribution is 5.47. The Morgan fingerprint density at radius 1 is 1.60 bits per heavy atom. The molecule has 7 heteroatoms. The fourth-order valence-electron chi connectivity index (χ4n) is 2.48. The molecule has 0 aliphatic carbocycles. The Hall–Kier alpha value is -1.57. The van der Waals surface area contributed by atoms with Gasteiger partial charge in [-0.2, -0.15) is 0 Å². The molecule has 0 aromatic carbocycles. The molecular weight excluding hydrogens is 260 g/mol. The molecule has 1 aromatic heterocycles. The van der Waals surface area contributed by atoms with E-state index in [1.165, 1.54) is 0 Å². The molecule has 0 spiro atoms. The van der Waals surface area contributed by atoms with Crippen molar-refractivity contribution in [3.63, 3.8) is 0 Å². The summed E-state index contributed by atoms with van der Waals surface area (Å²) < 4.78 is 5.51. The zero-order valence-electron chi connectivity index (χ0n) is 11.8. The molecule has 0 radical (unpaired) electrons. The number of nitro groups is 1. The molecule has 1 fully saturated rings. The maximum atomic E-state index is 11.1. The quantitative estimate of drug-likeness (QED) is 0.646. The Labute approximate surface area is 117 Å². The first-order chi connectivity index (χ1) is 9.52. The van der Waals surface area contributed by atoms with Crippen LogP contribution in [0.25, 0.3) is 0 Å². The molecule has 1 aromatic rings. The molecule has 2 N–H and O–H groups in total. The van der Waals surface area contributed by atoms with Gasteiger partial charge >= 0.3 is 0 Å². The zero-order chi connectivity index (χ0) is 14.7. The van der Waals surface area contributed by atoms with Gasteiger partial charge in [-0.25, -0.2) is 0 Å². The van der Waals surface area contributed by atoms with Crippen molar-refractivity contribution in [2.75, 3.05) is 26.2 Å². The van der Waals surface area contributed by atoms with E-state index >= 15 is 0 Å². The standard InChI is InChI=1S/C13H20N4O3/c1-9-6-15-12(10(2)13(9)17(18)19)8-16-3-4-20-11(5-14)7-16/h6,11H,3-5,7-8,14H2,1-2H3. The molecule has 0 amide bonds. The van der Waals surface area contributed by atoms with Crippen LogP contribution < -0.4 is 5.73 Å². The molecule has 1 unspecified atom stereocenters. The Bertz CT molecular complexity index is 507. The van der Waals surface area contributed by atoms with Gasteiger partial charge in [0.15, 0.2) is 0 Å². The molecule has 110 valence electrons. The topological polar surface area (TPSA) is 94.5 Å². The Balaban J connectivity index is 2.17. The highest BCUT2D eigenvalue weighted by atomic mass is 16.6. The predicted molar refractivity (Wildman–Crippen MR) is 74.4 cm³/mol. The summed E-state index contributed by atoms with van der Waals surface area (Å²) in [5.41, 5.74) is 7.77. The average molecular weight is 280 g/mol. The second kappa shape index (κ2) is 6.25. The van der Waals surface area contributed by atoms with Crippen molar-refractivity contribution in [3.05, 3.63) is 33.1 Å². The monoisotopic (exact) mass is 280 g/mol. The highest BCUT2D eigenvalue weighted by Gasteiger charge is 2.23. The van der Waals surface area contributed by atoms with E-state index in [0.717, 1.165) is 18.8 Å². The number of aromatic nitrogens is 1. The van der Waals surface area contributed by atoms with E-state index < -0.39 is 0 Å². The number of hydrogen-bond donors (Lipinski definition) is 1. The lowest BCUT2D eigenvalue weighted by molar-refractivity contribution is -0.386. The molecule has 1 aliphatic heterocycles. The Morgan fingerprint density at radius 3 is 3.00 bits per heavy atom. The molecule has 2 rings (SSSR count). The smallest absolute Gasteiger partial charge is 0.278 e. The van der Waals surface area contributed by atoms with Gasteiger partial charge in [-0.05, 0) is 13.8 Å². The van der Waals surface area contributed by atoms with Crippen LogP contribution >= 0.6 is 0 Å². The molecule has 0 saturated carbocycles. The third-order valence-corrected chi connectivity index (χ3v) is 3.62. The fraction of sp³-hybridized carbons (Fsp3) is 0.615. The van der Waals surface area contributed by atoms with Gasteiger partial charge in [0.1, 0.15) is 0 Å². The number of ether oxygens (including phenoxy) is 1. The molecular formula is C13H20N4O3. The second-order valence-electron chi connectivity index (χ2n) is 5.08. The Morgan fingerprint density at radius 2 is 2.35 bits per heavy atom. The third-order valence-electron chi connectivity index (χ3n) is 3.62. The van der Waals surface area contributed by atoms with Gasteiger partial charge < -0.3 is 10.5 Å². The summed E-state index contributed by atoms with van der Waals surface area (Å²) in [6.45, 7) is 6.70. The highest BCUT2D eigenvalue weighted by Crippen LogP contribution is 2.25. The van der Waals surface area contributed by atoms with Crippen molar-refractivity contribution in [3.8, 4) is 0 Å². The van der Waals surface area contributed by atoms with Crippen LogP contribution in [0.15, 0.2) is 6.20 Å². The summed E-state index contributed by atoms with van der Waals surface area (Å²) in [5.74, 6) is 0. The minimum Gasteiger partial charge on any atom is -0.374 e. The van der Waals surface area contributed by atoms with Gasteiger partial charge in [0, 0.05) is 43.5 Å². The normalized spacial score (nSPS) is 20.1. The largest absolute Gasteiger partial charge is 0.374 e. The lowest BCUT2D eigenvalue weighted by atomic mass is 10.1. The van der Waals surface area contributed by atoms with Gasteiger partial charge in [0.05, 0.1) is 23.3 Å². The van der Waals surface area contributed by atoms with Crippen molar-refractivity contribution in [2.45, 2.75) is 26.5 Å². The molecule has 1 saturated heterocycles. The van der Waals surface area contributed by atoms with E-state index in [2.05, 4.69) is 9.88 Å². The van der Waals surface area contributed by atoms with Crippen LogP contribution in [-0.4, -0.2) is 47.2 Å². The number of hydrogen-bond acceptors (Lipinski definition) is 6. The molecule has 20 heavy (non-hydrogen) atoms. The average Bonchev–Trinajstić information content (AvgIpc) is 2.42. The summed E-state index contributed by atoms with van der Waals surface area (Å²) in [4.78, 5) is 17.3. The first-order valence-corrected chi connectivity index (χ1v) is 6.66. The number of nitrogens with two attached hydrogens (primary N) is 1. The van der Waals surface area contributed by atoms with Crippen molar-refractivity contribution < 1.29 is 9.66 Å². The van der Waals surface area contributed by atoms with Crippen LogP contribution in [-0.2, 0) is 11.3 Å². The van der Waals surface area contributed by atoms with E-state index in [1.807, 2.05) is 0 Å². The van der Waals surface area contributed by atoms with Gasteiger partial charge in [-0.1, -0.05) is 0 Å². The molecule has 1 atom stereocenters. The minimum atomic E-state index is -0.335. The maximum absolute atomic E-state index is 11.1. The number of nitrogens with zero attached hydrogens (tertiary/aromatic N) is 3. The second-order valence-corrected chi connectivity index (χ2v) is 5.08. The first-order valence-electron chi connectivity index (χ1n) is 6.66. The zero-order valence-corrected chi connectivity index (χ0v) is 11.8. The number of pyridine rings is 1. The van der Waals surface area contributed by atoms with Crippen molar-refractivity contribution in [2.24, 2.45) is 5.73 Å². The van der Waals surface area contributed by atoms with Crippen LogP contribution in [0.4, 0.5) is 5.69 Å². The van der Waals surface area contributed by atoms with Crippen molar-refractivity contribution in [1.29, 1.82) is 0 Å². The van der Waals surface area contributed by atoms with E-state index in [-0.39, 0.29) is 16.7 Å². The van der Waals surface area contributed by atoms with E-state index in [0.29, 0.717) is 30.8 Å². The van der Waals surface area contributed by atoms with Crippen molar-refractivity contribution >= 4 is 5.69 Å². The van der Waals surface area contributed by atoms with Gasteiger partial charge in [0.2, 0.25) is 0 Å². The first kappa shape index (κ1) is 14.8. The number of morpholine rings is 1. The number of rotatable bonds is 4. The predicted octanol–water partition coefficient (Wildman–Crippen LogP) is 0.766. The molecule has 7 nitrogen and oxygen atoms in total. The maximum Gasteiger partial charge on any atom is 0.278 e. The van der Waals surface area contributed by atoms with Crippen LogP contribution in [0.3, 0.4) is 0 Å². The van der Waals surface area contributed by atoms with E-state index in [9.17, 15) is 10.1 Å². The van der Waals surface area contributed by atoms with Crippen LogP contribution in [0, 0.1) is 24.0 Å². The van der Waals surface area contributed by atoms with Gasteiger partial charge in [0.25, 0.3) is 5.69 Å². The minimum absolute atomic E-state index is 0.0319. The van der Waals surface area contributed by atoms with Crippen molar-refractivity contribution in [1.82, 2.24) is 9.88 Å². The summed E-state index contributed by atoms with van der Waals surface area (Å²) in [7, 11) is 0.